The van der Waals surface area contributed by atoms with Crippen LogP contribution in [0.1, 0.15) is 19.0 Å². The van der Waals surface area contributed by atoms with Crippen molar-refractivity contribution in [1.82, 2.24) is 4.98 Å². The van der Waals surface area contributed by atoms with Crippen LogP contribution in [0.15, 0.2) is 29.1 Å². The van der Waals surface area contributed by atoms with Gasteiger partial charge in [-0.1, -0.05) is 6.92 Å². The summed E-state index contributed by atoms with van der Waals surface area (Å²) >= 11 is 0. The number of hydrogen-bond acceptors (Lipinski definition) is 2. The Morgan fingerprint density at radius 2 is 2.00 bits per heavy atom. The number of fused-ring (bicyclic) bond motifs is 1. The lowest BCUT2D eigenvalue weighted by atomic mass is 10.2. The number of hydrogen-bond donors (Lipinski definition) is 1. The fraction of sp³-hybridized carbons (Fsp3) is 0.308. The van der Waals surface area contributed by atoms with E-state index in [2.05, 4.69) is 4.98 Å². The quantitative estimate of drug-likeness (QED) is 0.930. The van der Waals surface area contributed by atoms with Crippen molar-refractivity contribution >= 4 is 10.9 Å². The monoisotopic (exact) mass is 271 g/mol. The van der Waals surface area contributed by atoms with Gasteiger partial charge in [0.25, 0.3) is 0 Å². The van der Waals surface area contributed by atoms with Crippen molar-refractivity contribution in [1.29, 1.82) is 0 Å². The summed E-state index contributed by atoms with van der Waals surface area (Å²) in [5.74, 6) is 0.472. The Morgan fingerprint density at radius 1 is 1.26 bits per heavy atom. The fourth-order valence-corrected chi connectivity index (χ4v) is 1.69. The van der Waals surface area contributed by atoms with Gasteiger partial charge >= 0.3 is 6.18 Å². The molecule has 0 amide bonds. The zero-order chi connectivity index (χ0) is 14.0. The lowest BCUT2D eigenvalue weighted by Gasteiger charge is -2.09. The van der Waals surface area contributed by atoms with Crippen LogP contribution in [0.2, 0.25) is 0 Å². The van der Waals surface area contributed by atoms with Crippen molar-refractivity contribution in [2.45, 2.75) is 19.5 Å². The molecule has 0 fully saturated rings. The molecule has 0 saturated carbocycles. The van der Waals surface area contributed by atoms with Crippen molar-refractivity contribution in [3.8, 4) is 5.75 Å². The van der Waals surface area contributed by atoms with Crippen LogP contribution in [-0.4, -0.2) is 11.6 Å². The highest BCUT2D eigenvalue weighted by atomic mass is 19.4. The van der Waals surface area contributed by atoms with Gasteiger partial charge in [0, 0.05) is 17.0 Å². The molecular weight excluding hydrogens is 259 g/mol. The first-order valence-electron chi connectivity index (χ1n) is 5.79. The summed E-state index contributed by atoms with van der Waals surface area (Å²) in [5, 5.41) is 0.182. The third kappa shape index (κ3) is 2.89. The molecule has 1 N–H and O–H groups in total. The molecule has 0 radical (unpaired) electrons. The third-order valence-corrected chi connectivity index (χ3v) is 2.58. The van der Waals surface area contributed by atoms with Gasteiger partial charge in [-0.25, -0.2) is 0 Å². The molecule has 0 aliphatic carbocycles. The van der Waals surface area contributed by atoms with E-state index in [-0.39, 0.29) is 10.9 Å². The van der Waals surface area contributed by atoms with E-state index in [1.807, 2.05) is 6.92 Å². The minimum absolute atomic E-state index is 0.142. The van der Waals surface area contributed by atoms with Gasteiger partial charge in [-0.15, -0.1) is 0 Å². The summed E-state index contributed by atoms with van der Waals surface area (Å²) in [6.07, 6.45) is -3.76. The van der Waals surface area contributed by atoms with Gasteiger partial charge in [0.05, 0.1) is 6.61 Å². The molecule has 1 heterocycles. The molecule has 0 atom stereocenters. The summed E-state index contributed by atoms with van der Waals surface area (Å²) in [7, 11) is 0. The van der Waals surface area contributed by atoms with Gasteiger partial charge in [-0.3, -0.25) is 4.79 Å². The first kappa shape index (κ1) is 13.5. The van der Waals surface area contributed by atoms with Gasteiger partial charge in [-0.2, -0.15) is 13.2 Å². The van der Waals surface area contributed by atoms with Gasteiger partial charge in [0.2, 0.25) is 0 Å². The first-order valence-corrected chi connectivity index (χ1v) is 5.79. The van der Waals surface area contributed by atoms with Crippen molar-refractivity contribution < 1.29 is 17.9 Å². The van der Waals surface area contributed by atoms with E-state index in [0.29, 0.717) is 18.4 Å². The number of pyridine rings is 1. The Bertz CT molecular complexity index is 646. The summed E-state index contributed by atoms with van der Waals surface area (Å²) in [6, 6.07) is 4.96. The molecule has 1 aromatic heterocycles. The van der Waals surface area contributed by atoms with E-state index in [4.69, 9.17) is 4.74 Å². The van der Waals surface area contributed by atoms with Crippen LogP contribution in [0.3, 0.4) is 0 Å². The number of aromatic amines is 1. The molecule has 0 spiro atoms. The maximum absolute atomic E-state index is 12.5. The van der Waals surface area contributed by atoms with Crippen LogP contribution in [0.4, 0.5) is 13.2 Å². The molecule has 19 heavy (non-hydrogen) atoms. The summed E-state index contributed by atoms with van der Waals surface area (Å²) < 4.78 is 43.0. The summed E-state index contributed by atoms with van der Waals surface area (Å²) in [4.78, 5) is 13.9. The number of H-pyrrole nitrogens is 1. The first-order chi connectivity index (χ1) is 8.91. The molecule has 0 bridgehead atoms. The molecule has 0 unspecified atom stereocenters. The number of alkyl halides is 3. The minimum atomic E-state index is -4.56. The Labute approximate surface area is 107 Å². The minimum Gasteiger partial charge on any atom is -0.494 e. The van der Waals surface area contributed by atoms with Crippen molar-refractivity contribution in [3.63, 3.8) is 0 Å². The van der Waals surface area contributed by atoms with Gasteiger partial charge in [-0.05, 0) is 24.6 Å². The Morgan fingerprint density at radius 3 is 2.63 bits per heavy atom. The lowest BCUT2D eigenvalue weighted by Crippen LogP contribution is -2.13. The summed E-state index contributed by atoms with van der Waals surface area (Å²) in [5.41, 5.74) is -1.58. The Hall–Kier alpha value is -1.98. The molecule has 2 rings (SSSR count). The van der Waals surface area contributed by atoms with Crippen molar-refractivity contribution in [2.24, 2.45) is 0 Å². The molecule has 3 nitrogen and oxygen atoms in total. The molecule has 6 heteroatoms. The van der Waals surface area contributed by atoms with Gasteiger partial charge in [0.15, 0.2) is 5.43 Å². The zero-order valence-corrected chi connectivity index (χ0v) is 10.2. The summed E-state index contributed by atoms with van der Waals surface area (Å²) in [6.45, 7) is 2.42. The number of aromatic nitrogens is 1. The van der Waals surface area contributed by atoms with E-state index < -0.39 is 17.3 Å². The molecule has 0 aliphatic rings. The molecule has 102 valence electrons. The molecule has 2 aromatic rings. The number of ether oxygens (including phenoxy) is 1. The van der Waals surface area contributed by atoms with Crippen LogP contribution in [-0.2, 0) is 6.18 Å². The van der Waals surface area contributed by atoms with Gasteiger partial charge in [0.1, 0.15) is 11.4 Å². The van der Waals surface area contributed by atoms with Crippen LogP contribution >= 0.6 is 0 Å². The van der Waals surface area contributed by atoms with Crippen LogP contribution < -0.4 is 10.2 Å². The number of benzene rings is 1. The van der Waals surface area contributed by atoms with E-state index in [9.17, 15) is 18.0 Å². The molecular formula is C13H12F3NO2. The average Bonchev–Trinajstić information content (AvgIpc) is 2.35. The van der Waals surface area contributed by atoms with Crippen molar-refractivity contribution in [2.75, 3.05) is 6.61 Å². The van der Waals surface area contributed by atoms with Crippen molar-refractivity contribution in [3.05, 3.63) is 40.2 Å². The molecule has 1 aromatic carbocycles. The van der Waals surface area contributed by atoms with E-state index in [1.54, 1.807) is 0 Å². The fourth-order valence-electron chi connectivity index (χ4n) is 1.69. The second-order valence-electron chi connectivity index (χ2n) is 4.10. The highest BCUT2D eigenvalue weighted by molar-refractivity contribution is 5.80. The highest BCUT2D eigenvalue weighted by Gasteiger charge is 2.32. The SMILES string of the molecule is CCCOc1ccc2[nH]c(C(F)(F)F)cc(=O)c2c1. The van der Waals surface area contributed by atoms with Crippen LogP contribution in [0.5, 0.6) is 5.75 Å². The number of rotatable bonds is 3. The highest BCUT2D eigenvalue weighted by Crippen LogP contribution is 2.28. The predicted molar refractivity (Wildman–Crippen MR) is 65.4 cm³/mol. The topological polar surface area (TPSA) is 42.1 Å². The smallest absolute Gasteiger partial charge is 0.431 e. The maximum atomic E-state index is 12.5. The second kappa shape index (κ2) is 4.95. The largest absolute Gasteiger partial charge is 0.494 e. The average molecular weight is 271 g/mol. The number of nitrogens with one attached hydrogen (secondary N) is 1. The predicted octanol–water partition coefficient (Wildman–Crippen LogP) is 3.34. The molecule has 0 saturated heterocycles. The normalized spacial score (nSPS) is 11.8. The van der Waals surface area contributed by atoms with E-state index in [1.165, 1.54) is 18.2 Å². The molecule has 0 aliphatic heterocycles. The maximum Gasteiger partial charge on any atom is 0.431 e. The lowest BCUT2D eigenvalue weighted by molar-refractivity contribution is -0.141. The van der Waals surface area contributed by atoms with Gasteiger partial charge < -0.3 is 9.72 Å². The van der Waals surface area contributed by atoms with Crippen LogP contribution in [0, 0.1) is 0 Å². The Kier molecular flexibility index (Phi) is 3.50. The number of halogens is 3. The Balaban J connectivity index is 2.51. The standard InChI is InChI=1S/C13H12F3NO2/c1-2-5-19-8-3-4-10-9(6-8)11(18)7-12(17-10)13(14,15)16/h3-4,6-7H,2,5H2,1H3,(H,17,18). The third-order valence-electron chi connectivity index (χ3n) is 2.58. The van der Waals surface area contributed by atoms with E-state index >= 15 is 0 Å². The zero-order valence-electron chi connectivity index (χ0n) is 10.2. The van der Waals surface area contributed by atoms with E-state index in [0.717, 1.165) is 6.42 Å². The second-order valence-corrected chi connectivity index (χ2v) is 4.10. The van der Waals surface area contributed by atoms with Crippen LogP contribution in [0.25, 0.3) is 10.9 Å².